The fraction of sp³-hybridized carbons (Fsp3) is 0.261. The molecule has 1 heterocycles. The second-order valence-corrected chi connectivity index (χ2v) is 8.50. The van der Waals surface area contributed by atoms with Gasteiger partial charge in [0.25, 0.3) is 5.91 Å². The van der Waals surface area contributed by atoms with Crippen molar-refractivity contribution < 1.29 is 14.1 Å². The van der Waals surface area contributed by atoms with Crippen molar-refractivity contribution in [3.05, 3.63) is 82.2 Å². The molecule has 0 unspecified atom stereocenters. The van der Waals surface area contributed by atoms with Crippen LogP contribution in [0.4, 0.5) is 0 Å². The van der Waals surface area contributed by atoms with E-state index in [1.165, 1.54) is 11.8 Å². The van der Waals surface area contributed by atoms with Crippen LogP contribution in [0.15, 0.2) is 64.0 Å². The molecule has 0 radical (unpaired) electrons. The van der Waals surface area contributed by atoms with Gasteiger partial charge in [0.2, 0.25) is 5.91 Å². The average molecular weight is 473 g/mol. The highest BCUT2D eigenvalue weighted by atomic mass is 35.5. The standard InChI is InChI=1S/C23H25ClN4O3S/c1-16-12-19(28-31-16)15-32-21-5-3-2-4-20(21)23(30)26-11-10-25-14-22(29)27-13-17-6-8-18(24)9-7-17/h2-9,12,25H,10-11,13-15H2,1H3,(H,26,30)(H,27,29). The summed E-state index contributed by atoms with van der Waals surface area (Å²) < 4.78 is 5.08. The molecular weight excluding hydrogens is 448 g/mol. The summed E-state index contributed by atoms with van der Waals surface area (Å²) in [5.74, 6) is 1.11. The van der Waals surface area contributed by atoms with Crippen LogP contribution >= 0.6 is 23.4 Å². The van der Waals surface area contributed by atoms with Crippen LogP contribution in [0.5, 0.6) is 0 Å². The Bertz CT molecular complexity index is 1040. The maximum atomic E-state index is 12.6. The molecule has 0 aliphatic carbocycles. The lowest BCUT2D eigenvalue weighted by Gasteiger charge is -2.10. The number of nitrogens with zero attached hydrogens (tertiary/aromatic N) is 1. The molecule has 0 bridgehead atoms. The van der Waals surface area contributed by atoms with Gasteiger partial charge in [-0.15, -0.1) is 11.8 Å². The highest BCUT2D eigenvalue weighted by Crippen LogP contribution is 2.26. The first kappa shape index (κ1) is 23.8. The first-order chi connectivity index (χ1) is 15.5. The predicted molar refractivity (Wildman–Crippen MR) is 126 cm³/mol. The van der Waals surface area contributed by atoms with E-state index < -0.39 is 0 Å². The Hall–Kier alpha value is -2.81. The van der Waals surface area contributed by atoms with E-state index in [9.17, 15) is 9.59 Å². The lowest BCUT2D eigenvalue weighted by molar-refractivity contribution is -0.120. The highest BCUT2D eigenvalue weighted by molar-refractivity contribution is 7.98. The van der Waals surface area contributed by atoms with Gasteiger partial charge in [-0.25, -0.2) is 0 Å². The molecule has 9 heteroatoms. The number of thioether (sulfide) groups is 1. The maximum Gasteiger partial charge on any atom is 0.252 e. The van der Waals surface area contributed by atoms with Gasteiger partial charge < -0.3 is 20.5 Å². The van der Waals surface area contributed by atoms with Crippen LogP contribution < -0.4 is 16.0 Å². The lowest BCUT2D eigenvalue weighted by atomic mass is 10.2. The van der Waals surface area contributed by atoms with Crippen molar-refractivity contribution in [2.45, 2.75) is 24.1 Å². The van der Waals surface area contributed by atoms with E-state index in [1.54, 1.807) is 18.2 Å². The zero-order valence-corrected chi connectivity index (χ0v) is 19.3. The summed E-state index contributed by atoms with van der Waals surface area (Å²) in [4.78, 5) is 25.4. The smallest absolute Gasteiger partial charge is 0.252 e. The van der Waals surface area contributed by atoms with Gasteiger partial charge >= 0.3 is 0 Å². The summed E-state index contributed by atoms with van der Waals surface area (Å²) in [5.41, 5.74) is 2.42. The van der Waals surface area contributed by atoms with Gasteiger partial charge in [-0.3, -0.25) is 9.59 Å². The molecule has 0 aliphatic rings. The van der Waals surface area contributed by atoms with E-state index in [0.29, 0.717) is 36.0 Å². The summed E-state index contributed by atoms with van der Waals surface area (Å²) in [6.45, 7) is 3.35. The van der Waals surface area contributed by atoms with Crippen molar-refractivity contribution in [3.63, 3.8) is 0 Å². The van der Waals surface area contributed by atoms with E-state index in [4.69, 9.17) is 16.1 Å². The van der Waals surface area contributed by atoms with E-state index in [0.717, 1.165) is 21.9 Å². The Morgan fingerprint density at radius 2 is 1.84 bits per heavy atom. The summed E-state index contributed by atoms with van der Waals surface area (Å²) >= 11 is 7.38. The third-order valence-corrected chi connectivity index (χ3v) is 5.82. The number of rotatable bonds is 11. The molecule has 0 saturated carbocycles. The molecule has 7 nitrogen and oxygen atoms in total. The minimum atomic E-state index is -0.154. The molecule has 168 valence electrons. The summed E-state index contributed by atoms with van der Waals surface area (Å²) in [7, 11) is 0. The Morgan fingerprint density at radius 1 is 1.06 bits per heavy atom. The second-order valence-electron chi connectivity index (χ2n) is 7.05. The SMILES string of the molecule is Cc1cc(CSc2ccccc2C(=O)NCCNCC(=O)NCc2ccc(Cl)cc2)no1. The van der Waals surface area contributed by atoms with E-state index in [1.807, 2.05) is 43.3 Å². The fourth-order valence-corrected chi connectivity index (χ4v) is 3.90. The number of amides is 2. The number of hydrogen-bond donors (Lipinski definition) is 3. The molecule has 0 aliphatic heterocycles. The fourth-order valence-electron chi connectivity index (χ4n) is 2.84. The molecule has 1 aromatic heterocycles. The number of aryl methyl sites for hydroxylation is 1. The van der Waals surface area contributed by atoms with Crippen molar-refractivity contribution in [1.82, 2.24) is 21.1 Å². The molecular formula is C23H25ClN4O3S. The van der Waals surface area contributed by atoms with Crippen molar-refractivity contribution in [2.75, 3.05) is 19.6 Å². The molecule has 0 atom stereocenters. The van der Waals surface area contributed by atoms with E-state index in [2.05, 4.69) is 21.1 Å². The third kappa shape index (κ3) is 7.71. The predicted octanol–water partition coefficient (Wildman–Crippen LogP) is 3.56. The number of carbonyl (C=O) groups is 2. The van der Waals surface area contributed by atoms with Gasteiger partial charge in [-0.05, 0) is 36.8 Å². The van der Waals surface area contributed by atoms with Crippen LogP contribution in [0.3, 0.4) is 0 Å². The van der Waals surface area contributed by atoms with Crippen molar-refractivity contribution in [3.8, 4) is 0 Å². The molecule has 0 spiro atoms. The Kier molecular flexibility index (Phi) is 9.15. The van der Waals surface area contributed by atoms with Gasteiger partial charge in [0.05, 0.1) is 17.8 Å². The minimum absolute atomic E-state index is 0.115. The number of hydrogen-bond acceptors (Lipinski definition) is 6. The summed E-state index contributed by atoms with van der Waals surface area (Å²) in [5, 5.41) is 13.4. The summed E-state index contributed by atoms with van der Waals surface area (Å²) in [6.07, 6.45) is 0. The van der Waals surface area contributed by atoms with Crippen LogP contribution in [-0.4, -0.2) is 36.6 Å². The van der Waals surface area contributed by atoms with Crippen LogP contribution in [-0.2, 0) is 17.1 Å². The number of halogens is 1. The number of aromatic nitrogens is 1. The molecule has 0 fully saturated rings. The topological polar surface area (TPSA) is 96.3 Å². The van der Waals surface area contributed by atoms with Gasteiger partial charge in [0.1, 0.15) is 5.76 Å². The van der Waals surface area contributed by atoms with Gasteiger partial charge in [-0.1, -0.05) is 41.0 Å². The van der Waals surface area contributed by atoms with E-state index >= 15 is 0 Å². The van der Waals surface area contributed by atoms with Crippen LogP contribution in [0.1, 0.15) is 27.4 Å². The van der Waals surface area contributed by atoms with Gasteiger partial charge in [0.15, 0.2) is 0 Å². The molecule has 2 aromatic carbocycles. The molecule has 32 heavy (non-hydrogen) atoms. The molecule has 2 amide bonds. The van der Waals surface area contributed by atoms with Crippen molar-refractivity contribution in [1.29, 1.82) is 0 Å². The quantitative estimate of drug-likeness (QED) is 0.291. The van der Waals surface area contributed by atoms with Crippen LogP contribution in [0.2, 0.25) is 5.02 Å². The third-order valence-electron chi connectivity index (χ3n) is 4.46. The van der Waals surface area contributed by atoms with Crippen molar-refractivity contribution in [2.24, 2.45) is 0 Å². The zero-order valence-electron chi connectivity index (χ0n) is 17.7. The van der Waals surface area contributed by atoms with Gasteiger partial charge in [0, 0.05) is 41.4 Å². The number of benzene rings is 2. The molecule has 3 rings (SSSR count). The van der Waals surface area contributed by atoms with Crippen molar-refractivity contribution >= 4 is 35.2 Å². The Morgan fingerprint density at radius 3 is 2.59 bits per heavy atom. The Labute approximate surface area is 196 Å². The highest BCUT2D eigenvalue weighted by Gasteiger charge is 2.12. The minimum Gasteiger partial charge on any atom is -0.361 e. The number of nitrogens with one attached hydrogen (secondary N) is 3. The van der Waals surface area contributed by atoms with Gasteiger partial charge in [-0.2, -0.15) is 0 Å². The number of carbonyl (C=O) groups excluding carboxylic acids is 2. The molecule has 3 aromatic rings. The molecule has 0 saturated heterocycles. The van der Waals surface area contributed by atoms with Crippen LogP contribution in [0.25, 0.3) is 0 Å². The second kappa shape index (κ2) is 12.3. The lowest BCUT2D eigenvalue weighted by Crippen LogP contribution is -2.38. The van der Waals surface area contributed by atoms with Crippen LogP contribution in [0, 0.1) is 6.92 Å². The average Bonchev–Trinajstić information content (AvgIpc) is 3.22. The van der Waals surface area contributed by atoms with E-state index in [-0.39, 0.29) is 18.4 Å². The monoisotopic (exact) mass is 472 g/mol. The first-order valence-corrected chi connectivity index (χ1v) is 11.5. The largest absolute Gasteiger partial charge is 0.361 e. The zero-order chi connectivity index (χ0) is 22.8. The first-order valence-electron chi connectivity index (χ1n) is 10.2. The Balaban J connectivity index is 1.35. The molecule has 3 N–H and O–H groups in total. The summed E-state index contributed by atoms with van der Waals surface area (Å²) in [6, 6.07) is 16.6. The maximum absolute atomic E-state index is 12.6. The normalized spacial score (nSPS) is 10.7.